The van der Waals surface area contributed by atoms with Crippen LogP contribution in [-0.2, 0) is 16.6 Å². The van der Waals surface area contributed by atoms with E-state index in [0.29, 0.717) is 24.5 Å². The second kappa shape index (κ2) is 10.2. The lowest BCUT2D eigenvalue weighted by Gasteiger charge is -2.35. The molecule has 1 fully saturated rings. The van der Waals surface area contributed by atoms with E-state index in [1.54, 1.807) is 49.5 Å². The highest BCUT2D eigenvalue weighted by molar-refractivity contribution is 7.92. The molecule has 1 aromatic heterocycles. The number of hydrogen-bond acceptors (Lipinski definition) is 7. The van der Waals surface area contributed by atoms with Crippen LogP contribution in [0.4, 0.5) is 17.1 Å². The summed E-state index contributed by atoms with van der Waals surface area (Å²) in [5.41, 5.74) is 1.73. The van der Waals surface area contributed by atoms with Crippen LogP contribution >= 0.6 is 0 Å². The number of piperazine rings is 1. The van der Waals surface area contributed by atoms with Gasteiger partial charge < -0.3 is 4.90 Å². The molecule has 2 aromatic carbocycles. The van der Waals surface area contributed by atoms with E-state index in [1.165, 1.54) is 16.4 Å². The van der Waals surface area contributed by atoms with Crippen molar-refractivity contribution in [3.63, 3.8) is 0 Å². The third-order valence-electron chi connectivity index (χ3n) is 5.89. The molecule has 0 bridgehead atoms. The van der Waals surface area contributed by atoms with E-state index < -0.39 is 14.9 Å². The van der Waals surface area contributed by atoms with Crippen molar-refractivity contribution in [2.45, 2.75) is 18.4 Å². The highest BCUT2D eigenvalue weighted by Crippen LogP contribution is 2.33. The van der Waals surface area contributed by atoms with Crippen LogP contribution in [0.15, 0.2) is 77.8 Å². The topological polar surface area (TPSA) is 99.9 Å². The molecule has 0 amide bonds. The monoisotopic (exact) mass is 481 g/mol. The normalized spacial score (nSPS) is 14.7. The van der Waals surface area contributed by atoms with Gasteiger partial charge in [-0.25, -0.2) is 8.42 Å². The summed E-state index contributed by atoms with van der Waals surface area (Å²) in [7, 11) is -3.96. The van der Waals surface area contributed by atoms with Crippen LogP contribution in [0.2, 0.25) is 0 Å². The molecule has 0 aliphatic carbocycles. The van der Waals surface area contributed by atoms with Crippen molar-refractivity contribution < 1.29 is 13.3 Å². The summed E-state index contributed by atoms with van der Waals surface area (Å²) in [5, 5.41) is 11.9. The Morgan fingerprint density at radius 2 is 1.71 bits per heavy atom. The molecular weight excluding hydrogens is 454 g/mol. The van der Waals surface area contributed by atoms with E-state index in [-0.39, 0.29) is 17.1 Å². The van der Waals surface area contributed by atoms with Gasteiger partial charge >= 0.3 is 0 Å². The Kier molecular flexibility index (Phi) is 7.09. The van der Waals surface area contributed by atoms with Crippen molar-refractivity contribution in [2.24, 2.45) is 0 Å². The van der Waals surface area contributed by atoms with Gasteiger partial charge in [0.25, 0.3) is 15.7 Å². The van der Waals surface area contributed by atoms with Gasteiger partial charge in [-0.15, -0.1) is 0 Å². The molecule has 34 heavy (non-hydrogen) atoms. The molecule has 10 heteroatoms. The standard InChI is InChI=1S/C24H27N5O4S/c1-2-28(21-9-4-3-5-10-21)34(32,33)22-11-12-23(24(18-22)29(30)31)27-16-14-26(15-17-27)19-20-8-6-7-13-25-20/h3-13,18H,2,14-17,19H2,1H3. The van der Waals surface area contributed by atoms with Gasteiger partial charge in [-0.3, -0.25) is 24.3 Å². The van der Waals surface area contributed by atoms with E-state index >= 15 is 0 Å². The summed E-state index contributed by atoms with van der Waals surface area (Å²) in [4.78, 5) is 19.9. The van der Waals surface area contributed by atoms with Crippen molar-refractivity contribution >= 4 is 27.1 Å². The number of aromatic nitrogens is 1. The molecule has 9 nitrogen and oxygen atoms in total. The SMILES string of the molecule is CCN(c1ccccc1)S(=O)(=O)c1ccc(N2CCN(Cc3ccccn3)CC2)c([N+](=O)[O-])c1. The molecule has 0 atom stereocenters. The number of hydrogen-bond donors (Lipinski definition) is 0. The molecule has 0 N–H and O–H groups in total. The van der Waals surface area contributed by atoms with Crippen LogP contribution < -0.4 is 9.21 Å². The van der Waals surface area contributed by atoms with Crippen molar-refractivity contribution in [2.75, 3.05) is 41.9 Å². The first kappa shape index (κ1) is 23.7. The predicted octanol–water partition coefficient (Wildman–Crippen LogP) is 3.53. The third kappa shape index (κ3) is 5.02. The number of benzene rings is 2. The highest BCUT2D eigenvalue weighted by atomic mass is 32.2. The zero-order chi connectivity index (χ0) is 24.1. The molecular formula is C24H27N5O4S. The van der Waals surface area contributed by atoms with E-state index in [0.717, 1.165) is 25.3 Å². The number of sulfonamides is 1. The molecule has 3 aromatic rings. The Morgan fingerprint density at radius 3 is 2.32 bits per heavy atom. The molecule has 0 unspecified atom stereocenters. The summed E-state index contributed by atoms with van der Waals surface area (Å²) in [6, 6.07) is 18.7. The van der Waals surface area contributed by atoms with Gasteiger partial charge in [-0.1, -0.05) is 24.3 Å². The minimum Gasteiger partial charge on any atom is -0.363 e. The average Bonchev–Trinajstić information content (AvgIpc) is 2.86. The lowest BCUT2D eigenvalue weighted by molar-refractivity contribution is -0.384. The first-order chi connectivity index (χ1) is 16.4. The number of nitro groups is 1. The third-order valence-corrected chi connectivity index (χ3v) is 7.79. The molecule has 0 spiro atoms. The van der Waals surface area contributed by atoms with Crippen molar-refractivity contribution in [1.29, 1.82) is 0 Å². The van der Waals surface area contributed by atoms with Crippen LogP contribution in [0.3, 0.4) is 0 Å². The smallest absolute Gasteiger partial charge is 0.293 e. The lowest BCUT2D eigenvalue weighted by Crippen LogP contribution is -2.46. The van der Waals surface area contributed by atoms with Gasteiger partial charge in [0.2, 0.25) is 0 Å². The van der Waals surface area contributed by atoms with Crippen molar-refractivity contribution in [3.05, 3.63) is 88.7 Å². The summed E-state index contributed by atoms with van der Waals surface area (Å²) in [6.45, 7) is 5.32. The first-order valence-corrected chi connectivity index (χ1v) is 12.6. The summed E-state index contributed by atoms with van der Waals surface area (Å²) >= 11 is 0. The van der Waals surface area contributed by atoms with Crippen molar-refractivity contribution in [1.82, 2.24) is 9.88 Å². The number of rotatable bonds is 8. The molecule has 178 valence electrons. The van der Waals surface area contributed by atoms with E-state index in [4.69, 9.17) is 0 Å². The van der Waals surface area contributed by atoms with Crippen LogP contribution in [-0.4, -0.2) is 55.9 Å². The van der Waals surface area contributed by atoms with Gasteiger partial charge in [0.1, 0.15) is 5.69 Å². The highest BCUT2D eigenvalue weighted by Gasteiger charge is 2.29. The lowest BCUT2D eigenvalue weighted by atomic mass is 10.2. The number of para-hydroxylation sites is 1. The second-order valence-corrected chi connectivity index (χ2v) is 9.86. The fraction of sp³-hybridized carbons (Fsp3) is 0.292. The molecule has 1 aliphatic rings. The van der Waals surface area contributed by atoms with Gasteiger partial charge in [0.15, 0.2) is 0 Å². The molecule has 1 aliphatic heterocycles. The number of nitrogens with zero attached hydrogens (tertiary/aromatic N) is 5. The van der Waals surface area contributed by atoms with Crippen molar-refractivity contribution in [3.8, 4) is 0 Å². The zero-order valence-electron chi connectivity index (χ0n) is 18.9. The van der Waals surface area contributed by atoms with Gasteiger partial charge in [-0.2, -0.15) is 0 Å². The molecule has 0 saturated carbocycles. The average molecular weight is 482 g/mol. The van der Waals surface area contributed by atoms with Gasteiger partial charge in [-0.05, 0) is 43.3 Å². The maximum absolute atomic E-state index is 13.3. The Balaban J connectivity index is 1.55. The number of anilines is 2. The Morgan fingerprint density at radius 1 is 1.00 bits per heavy atom. The van der Waals surface area contributed by atoms with E-state index in [2.05, 4.69) is 9.88 Å². The fourth-order valence-corrected chi connectivity index (χ4v) is 5.65. The van der Waals surface area contributed by atoms with Crippen LogP contribution in [0.25, 0.3) is 0 Å². The first-order valence-electron chi connectivity index (χ1n) is 11.1. The minimum atomic E-state index is -3.96. The maximum atomic E-state index is 13.3. The molecule has 0 radical (unpaired) electrons. The summed E-state index contributed by atoms with van der Waals surface area (Å²) in [6.07, 6.45) is 1.77. The number of pyridine rings is 1. The molecule has 2 heterocycles. The summed E-state index contributed by atoms with van der Waals surface area (Å²) < 4.78 is 27.9. The molecule has 1 saturated heterocycles. The summed E-state index contributed by atoms with van der Waals surface area (Å²) in [5.74, 6) is 0. The molecule has 4 rings (SSSR count). The van der Waals surface area contributed by atoms with Crippen LogP contribution in [0.5, 0.6) is 0 Å². The second-order valence-electron chi connectivity index (χ2n) is 8.00. The Bertz CT molecular complexity index is 1230. The number of nitro benzene ring substituents is 1. The largest absolute Gasteiger partial charge is 0.363 e. The van der Waals surface area contributed by atoms with Crippen LogP contribution in [0, 0.1) is 10.1 Å². The van der Waals surface area contributed by atoms with Gasteiger partial charge in [0, 0.05) is 51.5 Å². The fourth-order valence-electron chi connectivity index (χ4n) is 4.16. The predicted molar refractivity (Wildman–Crippen MR) is 131 cm³/mol. The Labute approximate surface area is 199 Å². The minimum absolute atomic E-state index is 0.0950. The van der Waals surface area contributed by atoms with Crippen LogP contribution in [0.1, 0.15) is 12.6 Å². The Hall–Kier alpha value is -3.50. The maximum Gasteiger partial charge on any atom is 0.293 e. The quantitative estimate of drug-likeness (QED) is 0.358. The van der Waals surface area contributed by atoms with E-state index in [1.807, 2.05) is 23.1 Å². The zero-order valence-corrected chi connectivity index (χ0v) is 19.8. The van der Waals surface area contributed by atoms with E-state index in [9.17, 15) is 18.5 Å². The van der Waals surface area contributed by atoms with Gasteiger partial charge in [0.05, 0.1) is 21.2 Å².